The van der Waals surface area contributed by atoms with Gasteiger partial charge < -0.3 is 0 Å². The summed E-state index contributed by atoms with van der Waals surface area (Å²) in [5, 5.41) is 0.862. The van der Waals surface area contributed by atoms with Gasteiger partial charge in [-0.15, -0.1) is 0 Å². The first-order valence-corrected chi connectivity index (χ1v) is 5.89. The van der Waals surface area contributed by atoms with E-state index in [1.165, 1.54) is 5.56 Å². The second-order valence-corrected chi connectivity index (χ2v) is 4.19. The fraction of sp³-hybridized carbons (Fsp3) is 0.286. The molecule has 1 aliphatic heterocycles. The van der Waals surface area contributed by atoms with Gasteiger partial charge in [0, 0.05) is 12.8 Å². The maximum absolute atomic E-state index is 11.2. The predicted octanol–water partition coefficient (Wildman–Crippen LogP) is 2.09. The summed E-state index contributed by atoms with van der Waals surface area (Å²) in [7, 11) is 0. The Balaban J connectivity index is 1.85. The van der Waals surface area contributed by atoms with E-state index in [4.69, 9.17) is 4.84 Å². The number of carbonyl (C=O) groups is 2. The highest BCUT2D eigenvalue weighted by Gasteiger charge is 2.29. The summed E-state index contributed by atoms with van der Waals surface area (Å²) in [6.45, 7) is 2.24. The topological polar surface area (TPSA) is 46.6 Å². The van der Waals surface area contributed by atoms with Gasteiger partial charge in [0.15, 0.2) is 0 Å². The maximum atomic E-state index is 11.2. The number of hydrogen-bond acceptors (Lipinski definition) is 3. The normalized spacial score (nSPS) is 15.9. The van der Waals surface area contributed by atoms with Crippen molar-refractivity contribution in [3.05, 3.63) is 41.5 Å². The SMILES string of the molecule is Cc1cccc(/C=C/CON2C(=O)CCC2=O)c1. The van der Waals surface area contributed by atoms with Crippen molar-refractivity contribution in [3.8, 4) is 0 Å². The Bertz CT molecular complexity index is 478. The summed E-state index contributed by atoms with van der Waals surface area (Å²) >= 11 is 0. The first-order chi connectivity index (χ1) is 8.66. The molecule has 1 heterocycles. The lowest BCUT2D eigenvalue weighted by atomic mass is 10.1. The number of carbonyl (C=O) groups excluding carboxylic acids is 2. The molecule has 4 nitrogen and oxygen atoms in total. The molecule has 1 fully saturated rings. The van der Waals surface area contributed by atoms with Crippen LogP contribution in [0.1, 0.15) is 24.0 Å². The van der Waals surface area contributed by atoms with E-state index in [-0.39, 0.29) is 31.3 Å². The molecule has 2 rings (SSSR count). The van der Waals surface area contributed by atoms with Crippen molar-refractivity contribution in [3.63, 3.8) is 0 Å². The zero-order valence-electron chi connectivity index (χ0n) is 10.3. The summed E-state index contributed by atoms with van der Waals surface area (Å²) in [6.07, 6.45) is 4.19. The van der Waals surface area contributed by atoms with E-state index in [1.54, 1.807) is 6.08 Å². The summed E-state index contributed by atoms with van der Waals surface area (Å²) in [4.78, 5) is 27.6. The largest absolute Gasteiger partial charge is 0.272 e. The predicted molar refractivity (Wildman–Crippen MR) is 67.3 cm³/mol. The molecule has 1 aromatic carbocycles. The molecule has 1 saturated heterocycles. The number of amides is 2. The number of hydrogen-bond donors (Lipinski definition) is 0. The summed E-state index contributed by atoms with van der Waals surface area (Å²) in [6, 6.07) is 8.02. The molecule has 0 unspecified atom stereocenters. The second-order valence-electron chi connectivity index (χ2n) is 4.19. The molecule has 0 bridgehead atoms. The zero-order chi connectivity index (χ0) is 13.0. The highest BCUT2D eigenvalue weighted by atomic mass is 16.7. The van der Waals surface area contributed by atoms with Gasteiger partial charge in [-0.25, -0.2) is 0 Å². The van der Waals surface area contributed by atoms with Crippen molar-refractivity contribution >= 4 is 17.9 Å². The van der Waals surface area contributed by atoms with E-state index in [2.05, 4.69) is 0 Å². The molecule has 0 spiro atoms. The van der Waals surface area contributed by atoms with Crippen LogP contribution in [-0.4, -0.2) is 23.5 Å². The molecule has 0 radical (unpaired) electrons. The molecule has 0 aliphatic carbocycles. The molecule has 1 aromatic rings. The third kappa shape index (κ3) is 3.05. The van der Waals surface area contributed by atoms with E-state index >= 15 is 0 Å². The molecular formula is C14H15NO3. The molecule has 2 amide bonds. The van der Waals surface area contributed by atoms with Crippen molar-refractivity contribution in [1.29, 1.82) is 0 Å². The van der Waals surface area contributed by atoms with Gasteiger partial charge in [-0.05, 0) is 12.5 Å². The van der Waals surface area contributed by atoms with Crippen LogP contribution in [0.4, 0.5) is 0 Å². The molecule has 0 saturated carbocycles. The Morgan fingerprint density at radius 3 is 2.67 bits per heavy atom. The quantitative estimate of drug-likeness (QED) is 0.763. The second kappa shape index (κ2) is 5.60. The first kappa shape index (κ1) is 12.5. The fourth-order valence-electron chi connectivity index (χ4n) is 1.78. The van der Waals surface area contributed by atoms with Crippen LogP contribution in [0.15, 0.2) is 30.3 Å². The van der Waals surface area contributed by atoms with E-state index in [9.17, 15) is 9.59 Å². The first-order valence-electron chi connectivity index (χ1n) is 5.89. The molecule has 0 N–H and O–H groups in total. The van der Waals surface area contributed by atoms with Crippen LogP contribution in [0.5, 0.6) is 0 Å². The Kier molecular flexibility index (Phi) is 3.89. The van der Waals surface area contributed by atoms with Gasteiger partial charge in [-0.3, -0.25) is 14.4 Å². The van der Waals surface area contributed by atoms with E-state index < -0.39 is 0 Å². The summed E-state index contributed by atoms with van der Waals surface area (Å²) < 4.78 is 0. The average molecular weight is 245 g/mol. The minimum Gasteiger partial charge on any atom is -0.272 e. The van der Waals surface area contributed by atoms with Crippen molar-refractivity contribution < 1.29 is 14.4 Å². The highest BCUT2D eigenvalue weighted by Crippen LogP contribution is 2.12. The number of aryl methyl sites for hydroxylation is 1. The Hall–Kier alpha value is -1.94. The lowest BCUT2D eigenvalue weighted by Gasteiger charge is -2.10. The van der Waals surface area contributed by atoms with Crippen molar-refractivity contribution in [2.75, 3.05) is 6.61 Å². The zero-order valence-corrected chi connectivity index (χ0v) is 10.3. The molecule has 1 aliphatic rings. The van der Waals surface area contributed by atoms with Crippen LogP contribution in [0.3, 0.4) is 0 Å². The van der Waals surface area contributed by atoms with Crippen molar-refractivity contribution in [2.24, 2.45) is 0 Å². The van der Waals surface area contributed by atoms with Gasteiger partial charge in [0.05, 0.1) is 6.61 Å². The fourth-order valence-corrected chi connectivity index (χ4v) is 1.78. The van der Waals surface area contributed by atoms with E-state index in [0.717, 1.165) is 10.6 Å². The van der Waals surface area contributed by atoms with Gasteiger partial charge >= 0.3 is 0 Å². The molecule has 0 aromatic heterocycles. The minimum atomic E-state index is -0.260. The Morgan fingerprint density at radius 2 is 2.00 bits per heavy atom. The van der Waals surface area contributed by atoms with Crippen LogP contribution in [-0.2, 0) is 14.4 Å². The third-order valence-corrected chi connectivity index (χ3v) is 2.66. The van der Waals surface area contributed by atoms with Gasteiger partial charge in [0.2, 0.25) is 0 Å². The van der Waals surface area contributed by atoms with Crippen LogP contribution in [0.25, 0.3) is 6.08 Å². The van der Waals surface area contributed by atoms with Gasteiger partial charge in [-0.1, -0.05) is 42.0 Å². The molecule has 0 atom stereocenters. The standard InChI is InChI=1S/C14H15NO3/c1-11-4-2-5-12(10-11)6-3-9-18-15-13(16)7-8-14(15)17/h2-6,10H,7-9H2,1H3/b6-3+. The van der Waals surface area contributed by atoms with Gasteiger partial charge in [-0.2, -0.15) is 5.06 Å². The number of imide groups is 1. The monoisotopic (exact) mass is 245 g/mol. The molecule has 4 heteroatoms. The van der Waals surface area contributed by atoms with Crippen LogP contribution in [0, 0.1) is 6.92 Å². The Morgan fingerprint density at radius 1 is 1.28 bits per heavy atom. The number of benzene rings is 1. The molecule has 18 heavy (non-hydrogen) atoms. The van der Waals surface area contributed by atoms with Gasteiger partial charge in [0.25, 0.3) is 11.8 Å². The van der Waals surface area contributed by atoms with E-state index in [1.807, 2.05) is 37.3 Å². The number of hydroxylamine groups is 2. The van der Waals surface area contributed by atoms with Crippen molar-refractivity contribution in [2.45, 2.75) is 19.8 Å². The Labute approximate surface area is 106 Å². The lowest BCUT2D eigenvalue weighted by molar-refractivity contribution is -0.184. The third-order valence-electron chi connectivity index (χ3n) is 2.66. The number of nitrogens with zero attached hydrogens (tertiary/aromatic N) is 1. The molecule has 94 valence electrons. The van der Waals surface area contributed by atoms with E-state index in [0.29, 0.717) is 0 Å². The van der Waals surface area contributed by atoms with Crippen LogP contribution >= 0.6 is 0 Å². The van der Waals surface area contributed by atoms with Crippen LogP contribution in [0.2, 0.25) is 0 Å². The maximum Gasteiger partial charge on any atom is 0.254 e. The lowest BCUT2D eigenvalue weighted by Crippen LogP contribution is -2.29. The van der Waals surface area contributed by atoms with Crippen LogP contribution < -0.4 is 0 Å². The van der Waals surface area contributed by atoms with Gasteiger partial charge in [0.1, 0.15) is 0 Å². The average Bonchev–Trinajstić information content (AvgIpc) is 2.66. The smallest absolute Gasteiger partial charge is 0.254 e. The van der Waals surface area contributed by atoms with Crippen molar-refractivity contribution in [1.82, 2.24) is 5.06 Å². The minimum absolute atomic E-state index is 0.214. The molecular weight excluding hydrogens is 230 g/mol. The summed E-state index contributed by atoms with van der Waals surface area (Å²) in [5.74, 6) is -0.520. The summed E-state index contributed by atoms with van der Waals surface area (Å²) in [5.41, 5.74) is 2.25. The highest BCUT2D eigenvalue weighted by molar-refractivity contribution is 6.00. The number of rotatable bonds is 4.